The zero-order valence-corrected chi connectivity index (χ0v) is 11.6. The summed E-state index contributed by atoms with van der Waals surface area (Å²) in [5.41, 5.74) is 6.59. The van der Waals surface area contributed by atoms with Crippen LogP contribution in [0.5, 0.6) is 0 Å². The van der Waals surface area contributed by atoms with Crippen LogP contribution >= 0.6 is 23.5 Å². The van der Waals surface area contributed by atoms with Crippen molar-refractivity contribution in [3.05, 3.63) is 23.3 Å². The van der Waals surface area contributed by atoms with Gasteiger partial charge in [-0.3, -0.25) is 15.5 Å². The second kappa shape index (κ2) is 5.97. The number of guanidine groups is 1. The molecule has 0 aliphatic heterocycles. The number of aryl methyl sites for hydroxylation is 1. The van der Waals surface area contributed by atoms with Crippen molar-refractivity contribution in [3.63, 3.8) is 0 Å². The molecule has 1 aromatic rings. The lowest BCUT2D eigenvalue weighted by atomic mass is 10.1. The van der Waals surface area contributed by atoms with Crippen LogP contribution in [0, 0.1) is 12.3 Å². The van der Waals surface area contributed by atoms with E-state index in [9.17, 15) is 4.79 Å². The number of carbonyl (C=O) groups excluding carboxylic acids is 1. The molecule has 1 amide bonds. The topological polar surface area (TPSA) is 79.0 Å². The molecule has 0 aliphatic rings. The molecule has 0 saturated carbocycles. The molecule has 0 atom stereocenters. The first-order chi connectivity index (χ1) is 7.99. The first kappa shape index (κ1) is 13.9. The largest absolute Gasteiger partial charge is 0.370 e. The SMILES string of the molecule is CSc1cc(C)c(C(=O)NC(=N)N)cc1SC. The quantitative estimate of drug-likeness (QED) is 0.446. The van der Waals surface area contributed by atoms with Gasteiger partial charge in [0.05, 0.1) is 0 Å². The molecule has 1 aromatic carbocycles. The minimum atomic E-state index is -0.339. The number of carbonyl (C=O) groups is 1. The Labute approximate surface area is 109 Å². The summed E-state index contributed by atoms with van der Waals surface area (Å²) < 4.78 is 0. The number of thioether (sulfide) groups is 2. The number of rotatable bonds is 3. The highest BCUT2D eigenvalue weighted by Gasteiger charge is 2.13. The van der Waals surface area contributed by atoms with E-state index in [1.54, 1.807) is 23.5 Å². The van der Waals surface area contributed by atoms with Crippen molar-refractivity contribution in [1.29, 1.82) is 5.41 Å². The van der Waals surface area contributed by atoms with Gasteiger partial charge in [-0.25, -0.2) is 0 Å². The third kappa shape index (κ3) is 3.41. The number of amides is 1. The molecule has 0 saturated heterocycles. The zero-order chi connectivity index (χ0) is 13.0. The molecule has 4 nitrogen and oxygen atoms in total. The van der Waals surface area contributed by atoms with Crippen LogP contribution in [0.3, 0.4) is 0 Å². The molecule has 17 heavy (non-hydrogen) atoms. The average molecular weight is 269 g/mol. The van der Waals surface area contributed by atoms with Crippen molar-refractivity contribution in [3.8, 4) is 0 Å². The molecule has 6 heteroatoms. The minimum absolute atomic E-state index is 0.335. The summed E-state index contributed by atoms with van der Waals surface area (Å²) in [7, 11) is 0. The van der Waals surface area contributed by atoms with E-state index in [2.05, 4.69) is 5.32 Å². The fourth-order valence-corrected chi connectivity index (χ4v) is 2.97. The van der Waals surface area contributed by atoms with Gasteiger partial charge in [0.2, 0.25) is 0 Å². The van der Waals surface area contributed by atoms with Gasteiger partial charge in [0.15, 0.2) is 5.96 Å². The Morgan fingerprint density at radius 2 is 1.82 bits per heavy atom. The molecule has 4 N–H and O–H groups in total. The van der Waals surface area contributed by atoms with E-state index in [0.29, 0.717) is 5.56 Å². The molecule has 0 unspecified atom stereocenters. The van der Waals surface area contributed by atoms with Crippen LogP contribution in [0.25, 0.3) is 0 Å². The molecular weight excluding hydrogens is 254 g/mol. The van der Waals surface area contributed by atoms with E-state index in [1.807, 2.05) is 31.6 Å². The molecule has 0 bridgehead atoms. The number of hydrogen-bond donors (Lipinski definition) is 3. The van der Waals surface area contributed by atoms with Crippen molar-refractivity contribution in [2.75, 3.05) is 12.5 Å². The van der Waals surface area contributed by atoms with Crippen LogP contribution in [0.2, 0.25) is 0 Å². The van der Waals surface area contributed by atoms with Crippen molar-refractivity contribution in [1.82, 2.24) is 5.32 Å². The predicted octanol–water partition coefficient (Wildman–Crippen LogP) is 2.06. The van der Waals surface area contributed by atoms with Crippen LogP contribution in [0.1, 0.15) is 15.9 Å². The zero-order valence-electron chi connectivity index (χ0n) is 9.96. The smallest absolute Gasteiger partial charge is 0.258 e. The first-order valence-corrected chi connectivity index (χ1v) is 7.32. The summed E-state index contributed by atoms with van der Waals surface area (Å²) in [6.07, 6.45) is 3.97. The Hall–Kier alpha value is -1.14. The number of nitrogens with two attached hydrogens (primary N) is 1. The van der Waals surface area contributed by atoms with Crippen LogP contribution in [0.4, 0.5) is 0 Å². The van der Waals surface area contributed by atoms with Gasteiger partial charge < -0.3 is 5.73 Å². The van der Waals surface area contributed by atoms with Gasteiger partial charge >= 0.3 is 0 Å². The molecular formula is C11H15N3OS2. The third-order valence-electron chi connectivity index (χ3n) is 2.22. The van der Waals surface area contributed by atoms with Crippen LogP contribution in [-0.4, -0.2) is 24.4 Å². The van der Waals surface area contributed by atoms with Gasteiger partial charge in [-0.1, -0.05) is 0 Å². The van der Waals surface area contributed by atoms with Gasteiger partial charge in [-0.2, -0.15) is 0 Å². The van der Waals surface area contributed by atoms with Crippen molar-refractivity contribution < 1.29 is 4.79 Å². The molecule has 0 heterocycles. The summed E-state index contributed by atoms with van der Waals surface area (Å²) >= 11 is 3.24. The van der Waals surface area contributed by atoms with E-state index in [0.717, 1.165) is 15.4 Å². The maximum absolute atomic E-state index is 11.8. The van der Waals surface area contributed by atoms with Crippen molar-refractivity contribution in [2.45, 2.75) is 16.7 Å². The Kier molecular flexibility index (Phi) is 4.89. The standard InChI is InChI=1S/C11H15N3OS2/c1-6-4-8(16-2)9(17-3)5-7(6)10(15)14-11(12)13/h4-5H,1-3H3,(H4,12,13,14,15). The summed E-state index contributed by atoms with van der Waals surface area (Å²) in [6.45, 7) is 1.87. The van der Waals surface area contributed by atoms with Gasteiger partial charge in [-0.15, -0.1) is 23.5 Å². The van der Waals surface area contributed by atoms with Crippen molar-refractivity contribution in [2.24, 2.45) is 5.73 Å². The van der Waals surface area contributed by atoms with E-state index in [1.165, 1.54) is 0 Å². The monoisotopic (exact) mass is 269 g/mol. The Morgan fingerprint density at radius 3 is 2.29 bits per heavy atom. The predicted molar refractivity (Wildman–Crippen MR) is 74.1 cm³/mol. The molecule has 0 fully saturated rings. The highest BCUT2D eigenvalue weighted by atomic mass is 32.2. The fourth-order valence-electron chi connectivity index (χ4n) is 1.41. The maximum Gasteiger partial charge on any atom is 0.258 e. The van der Waals surface area contributed by atoms with E-state index in [4.69, 9.17) is 11.1 Å². The third-order valence-corrected chi connectivity index (χ3v) is 3.91. The maximum atomic E-state index is 11.8. The van der Waals surface area contributed by atoms with E-state index in [-0.39, 0.29) is 11.9 Å². The Morgan fingerprint density at radius 1 is 1.29 bits per heavy atom. The van der Waals surface area contributed by atoms with Crippen LogP contribution in [-0.2, 0) is 0 Å². The molecule has 0 spiro atoms. The summed E-state index contributed by atoms with van der Waals surface area (Å²) in [4.78, 5) is 14.0. The van der Waals surface area contributed by atoms with Gasteiger partial charge in [0.25, 0.3) is 5.91 Å². The molecule has 92 valence electrons. The van der Waals surface area contributed by atoms with Gasteiger partial charge in [0.1, 0.15) is 0 Å². The summed E-state index contributed by atoms with van der Waals surface area (Å²) in [6, 6.07) is 3.82. The summed E-state index contributed by atoms with van der Waals surface area (Å²) in [5, 5.41) is 9.35. The first-order valence-electron chi connectivity index (χ1n) is 4.87. The fraction of sp³-hybridized carbons (Fsp3) is 0.273. The van der Waals surface area contributed by atoms with E-state index < -0.39 is 0 Å². The second-order valence-corrected chi connectivity index (χ2v) is 5.09. The molecule has 0 aromatic heterocycles. The molecule has 1 rings (SSSR count). The lowest BCUT2D eigenvalue weighted by Crippen LogP contribution is -2.36. The Balaban J connectivity index is 3.16. The Bertz CT molecular complexity index is 460. The normalized spacial score (nSPS) is 10.1. The van der Waals surface area contributed by atoms with Crippen LogP contribution < -0.4 is 11.1 Å². The number of hydrogen-bond acceptors (Lipinski definition) is 4. The number of nitrogens with one attached hydrogen (secondary N) is 2. The molecule has 0 aliphatic carbocycles. The molecule has 0 radical (unpaired) electrons. The van der Waals surface area contributed by atoms with Crippen molar-refractivity contribution >= 4 is 35.4 Å². The van der Waals surface area contributed by atoms with Crippen LogP contribution in [0.15, 0.2) is 21.9 Å². The van der Waals surface area contributed by atoms with Gasteiger partial charge in [0, 0.05) is 15.4 Å². The van der Waals surface area contributed by atoms with Gasteiger partial charge in [-0.05, 0) is 37.1 Å². The highest BCUT2D eigenvalue weighted by molar-refractivity contribution is 8.01. The second-order valence-electron chi connectivity index (χ2n) is 3.39. The lowest BCUT2D eigenvalue weighted by molar-refractivity contribution is 0.0975. The minimum Gasteiger partial charge on any atom is -0.370 e. The average Bonchev–Trinajstić information content (AvgIpc) is 2.27. The highest BCUT2D eigenvalue weighted by Crippen LogP contribution is 2.30. The van der Waals surface area contributed by atoms with E-state index >= 15 is 0 Å². The lowest BCUT2D eigenvalue weighted by Gasteiger charge is -2.11. The number of benzene rings is 1. The summed E-state index contributed by atoms with van der Waals surface area (Å²) in [5.74, 6) is -0.674.